The number of nitrogens with one attached hydrogen (secondary N) is 1. The van der Waals surface area contributed by atoms with Crippen molar-refractivity contribution < 1.29 is 57.2 Å². The van der Waals surface area contributed by atoms with Gasteiger partial charge in [-0.1, -0.05) is 48.1 Å². The van der Waals surface area contributed by atoms with E-state index in [-0.39, 0.29) is 18.9 Å². The number of nitrogens with zero attached hydrogens (tertiary/aromatic N) is 1. The van der Waals surface area contributed by atoms with E-state index in [1.54, 1.807) is 6.26 Å². The van der Waals surface area contributed by atoms with Crippen molar-refractivity contribution >= 4 is 82.4 Å². The second-order valence-electron chi connectivity index (χ2n) is 11.0. The highest BCUT2D eigenvalue weighted by atomic mass is 35.6. The molecule has 14 nitrogen and oxygen atoms in total. The number of carbonyl (C=O) groups excluding carboxylic acids is 6. The highest BCUT2D eigenvalue weighted by Crippen LogP contribution is 2.36. The Morgan fingerprint density at radius 1 is 0.935 bits per heavy atom. The van der Waals surface area contributed by atoms with E-state index in [9.17, 15) is 28.8 Å². The number of amides is 2. The molecule has 2 aliphatic heterocycles. The van der Waals surface area contributed by atoms with Gasteiger partial charge >= 0.3 is 30.0 Å². The molecule has 2 aliphatic rings. The van der Waals surface area contributed by atoms with Gasteiger partial charge in [-0.25, -0.2) is 4.79 Å². The molecule has 2 rings (SSSR count). The molecular weight excluding hydrogens is 695 g/mol. The number of likely N-dealkylation sites (tertiary alicyclic amines) is 1. The summed E-state index contributed by atoms with van der Waals surface area (Å²) in [6.45, 7) is 7.64. The molecule has 0 aromatic heterocycles. The van der Waals surface area contributed by atoms with Crippen LogP contribution in [0.3, 0.4) is 0 Å². The predicted octanol–water partition coefficient (Wildman–Crippen LogP) is 3.30. The van der Waals surface area contributed by atoms with Crippen LogP contribution in [0, 0.1) is 5.92 Å². The molecule has 0 radical (unpaired) electrons. The largest absolute Gasteiger partial charge is 0.461 e. The molecule has 2 heterocycles. The third-order valence-electron chi connectivity index (χ3n) is 7.17. The summed E-state index contributed by atoms with van der Waals surface area (Å²) in [5.74, 6) is -3.69. The molecule has 1 N–H and O–H groups in total. The number of rotatable bonds is 12. The second-order valence-corrected chi connectivity index (χ2v) is 14.5. The number of ether oxygens (including phenoxy) is 6. The molecule has 0 bridgehead atoms. The van der Waals surface area contributed by atoms with Gasteiger partial charge in [-0.15, -0.1) is 11.8 Å². The van der Waals surface area contributed by atoms with Crippen LogP contribution in [0.1, 0.15) is 60.8 Å². The Morgan fingerprint density at radius 3 is 2.00 bits per heavy atom. The van der Waals surface area contributed by atoms with Gasteiger partial charge < -0.3 is 33.7 Å². The minimum absolute atomic E-state index is 0.0520. The highest BCUT2D eigenvalue weighted by molar-refractivity contribution is 7.99. The number of thioether (sulfide) groups is 1. The Balaban J connectivity index is 2.56. The number of hydrogen-bond acceptors (Lipinski definition) is 13. The summed E-state index contributed by atoms with van der Waals surface area (Å²) in [5, 5.41) is 2.81. The topological polar surface area (TPSA) is 173 Å². The van der Waals surface area contributed by atoms with Crippen molar-refractivity contribution in [3.8, 4) is 0 Å². The van der Waals surface area contributed by atoms with Gasteiger partial charge in [0.25, 0.3) is 0 Å². The molecule has 2 saturated heterocycles. The molecule has 2 fully saturated rings. The summed E-state index contributed by atoms with van der Waals surface area (Å²) in [5.41, 5.74) is -0.984. The summed E-state index contributed by atoms with van der Waals surface area (Å²) in [6.07, 6.45) is -3.91. The summed E-state index contributed by atoms with van der Waals surface area (Å²) >= 11 is 18.4. The fraction of sp³-hybridized carbons (Fsp3) is 0.786. The minimum Gasteiger partial charge on any atom is -0.461 e. The van der Waals surface area contributed by atoms with Crippen LogP contribution in [0.25, 0.3) is 0 Å². The van der Waals surface area contributed by atoms with Gasteiger partial charge in [-0.05, 0) is 31.9 Å². The van der Waals surface area contributed by atoms with E-state index in [0.717, 1.165) is 39.0 Å². The summed E-state index contributed by atoms with van der Waals surface area (Å²) in [4.78, 5) is 76.9. The molecule has 262 valence electrons. The maximum atomic E-state index is 14.0. The van der Waals surface area contributed by atoms with Crippen molar-refractivity contribution in [3.05, 3.63) is 0 Å². The van der Waals surface area contributed by atoms with Crippen molar-refractivity contribution in [3.63, 3.8) is 0 Å². The molecule has 0 aromatic rings. The van der Waals surface area contributed by atoms with Gasteiger partial charge in [0.15, 0.2) is 18.3 Å². The minimum atomic E-state index is -1.87. The van der Waals surface area contributed by atoms with Crippen LogP contribution >= 0.6 is 46.6 Å². The number of hydrogen-bond donors (Lipinski definition) is 1. The van der Waals surface area contributed by atoms with Crippen molar-refractivity contribution in [2.45, 2.75) is 113 Å². The Bertz CT molecular complexity index is 1130. The van der Waals surface area contributed by atoms with E-state index in [0.29, 0.717) is 6.42 Å². The summed E-state index contributed by atoms with van der Waals surface area (Å²) in [6, 6.07) is -2.28. The van der Waals surface area contributed by atoms with Crippen molar-refractivity contribution in [2.75, 3.05) is 19.4 Å². The standard InChI is InChI=1S/C28H41Cl3N2O12S/c1-8-9-18-10-19(33(11-18)27(39)40-12-28(29,30)31)25(38)32-20(13(2)41-14(3)34)21-22(42-15(4)35)23(43-16(5)36)24(44-17(6)37)26(45-21)46-7/h13,18-24,26H,8-12H2,1-7H3,(H,32,38)/t13-,18+,19-,20+,21+,22-,23-,24+,26+/m0/s1. The molecule has 0 aliphatic carbocycles. The molecule has 9 atom stereocenters. The molecule has 18 heteroatoms. The first-order chi connectivity index (χ1) is 21.4. The monoisotopic (exact) mass is 734 g/mol. The lowest BCUT2D eigenvalue weighted by Gasteiger charge is -2.47. The maximum Gasteiger partial charge on any atom is 0.410 e. The van der Waals surface area contributed by atoms with Crippen LogP contribution < -0.4 is 5.32 Å². The number of halogens is 3. The Kier molecular flexibility index (Phi) is 15.5. The van der Waals surface area contributed by atoms with Crippen LogP contribution in [0.15, 0.2) is 0 Å². The van der Waals surface area contributed by atoms with Crippen LogP contribution in [0.2, 0.25) is 0 Å². The van der Waals surface area contributed by atoms with Crippen LogP contribution in [-0.4, -0.2) is 112 Å². The Labute approximate surface area is 287 Å². The lowest BCUT2D eigenvalue weighted by Crippen LogP contribution is -2.68. The zero-order chi connectivity index (χ0) is 34.9. The van der Waals surface area contributed by atoms with E-state index >= 15 is 0 Å². The second kappa shape index (κ2) is 17.8. The zero-order valence-electron chi connectivity index (χ0n) is 26.6. The quantitative estimate of drug-likeness (QED) is 0.176. The van der Waals surface area contributed by atoms with E-state index in [1.165, 1.54) is 18.7 Å². The van der Waals surface area contributed by atoms with E-state index in [1.807, 2.05) is 6.92 Å². The van der Waals surface area contributed by atoms with Gasteiger partial charge in [0.2, 0.25) is 9.70 Å². The molecular formula is C28H41Cl3N2O12S. The first-order valence-corrected chi connectivity index (χ1v) is 17.0. The number of carbonyl (C=O) groups is 6. The number of esters is 4. The van der Waals surface area contributed by atoms with E-state index in [2.05, 4.69) is 5.32 Å². The van der Waals surface area contributed by atoms with E-state index < -0.39 is 94.3 Å². The predicted molar refractivity (Wildman–Crippen MR) is 167 cm³/mol. The van der Waals surface area contributed by atoms with Crippen molar-refractivity contribution in [1.29, 1.82) is 0 Å². The molecule has 0 spiro atoms. The fourth-order valence-electron chi connectivity index (χ4n) is 5.56. The number of alkyl halides is 3. The average molecular weight is 736 g/mol. The van der Waals surface area contributed by atoms with Crippen LogP contribution in [0.4, 0.5) is 4.79 Å². The zero-order valence-corrected chi connectivity index (χ0v) is 29.7. The molecule has 46 heavy (non-hydrogen) atoms. The van der Waals surface area contributed by atoms with E-state index in [4.69, 9.17) is 63.2 Å². The maximum absolute atomic E-state index is 14.0. The van der Waals surface area contributed by atoms with Crippen molar-refractivity contribution in [1.82, 2.24) is 10.2 Å². The molecule has 0 saturated carbocycles. The lowest BCUT2D eigenvalue weighted by molar-refractivity contribution is -0.239. The Hall–Kier alpha value is -2.20. The highest BCUT2D eigenvalue weighted by Gasteiger charge is 2.55. The van der Waals surface area contributed by atoms with Gasteiger partial charge in [0, 0.05) is 34.2 Å². The van der Waals surface area contributed by atoms with Gasteiger partial charge in [0.05, 0.1) is 6.04 Å². The average Bonchev–Trinajstić information content (AvgIpc) is 3.35. The third kappa shape index (κ3) is 11.8. The smallest absolute Gasteiger partial charge is 0.410 e. The third-order valence-corrected chi connectivity index (χ3v) is 8.34. The molecule has 0 aromatic carbocycles. The van der Waals surface area contributed by atoms with Gasteiger partial charge in [-0.2, -0.15) is 0 Å². The normalized spacial score (nSPS) is 27.5. The molecule has 2 amide bonds. The first kappa shape index (κ1) is 40.0. The molecule has 0 unspecified atom stereocenters. The Morgan fingerprint density at radius 2 is 1.50 bits per heavy atom. The summed E-state index contributed by atoms with van der Waals surface area (Å²) < 4.78 is 31.6. The van der Waals surface area contributed by atoms with Crippen molar-refractivity contribution in [2.24, 2.45) is 5.92 Å². The van der Waals surface area contributed by atoms with Crippen LogP contribution in [0.5, 0.6) is 0 Å². The van der Waals surface area contributed by atoms with Crippen LogP contribution in [-0.2, 0) is 52.4 Å². The lowest BCUT2D eigenvalue weighted by atomic mass is 9.91. The summed E-state index contributed by atoms with van der Waals surface area (Å²) in [7, 11) is 0. The first-order valence-electron chi connectivity index (χ1n) is 14.6. The SMILES string of the molecule is CCC[C@@H]1C[C@@H](C(=O)N[C@@H]([C@H]2O[C@H](SC)[C@H](OC(C)=O)[C@@H](OC(C)=O)[C@H]2OC(C)=O)[C@H](C)OC(C)=O)N(C(=O)OCC(Cl)(Cl)Cl)C1. The fourth-order valence-corrected chi connectivity index (χ4v) is 6.44. The van der Waals surface area contributed by atoms with Gasteiger partial charge in [0.1, 0.15) is 30.3 Å². The van der Waals surface area contributed by atoms with Gasteiger partial charge in [-0.3, -0.25) is 28.9 Å².